The van der Waals surface area contributed by atoms with Crippen molar-refractivity contribution < 1.29 is 23.9 Å². The first-order chi connectivity index (χ1) is 16.8. The Labute approximate surface area is 241 Å². The summed E-state index contributed by atoms with van der Waals surface area (Å²) < 4.78 is 12.8. The molecule has 0 aromatic rings. The Kier molecular flexibility index (Phi) is 11.1. The number of Topliss-reactive ketones (excluding diaryl/α,β-unsaturated/α-hetero) is 3. The number of carbonyl (C=O) groups excluding carboxylic acids is 3. The Balaban J connectivity index is 5.92. The van der Waals surface area contributed by atoms with E-state index in [2.05, 4.69) is 20.4 Å². The second-order valence-corrected chi connectivity index (χ2v) is 16.9. The summed E-state index contributed by atoms with van der Waals surface area (Å²) in [5.74, 6) is 0.0395. The van der Waals surface area contributed by atoms with Crippen LogP contribution in [0.1, 0.15) is 137 Å². The minimum Gasteiger partial charge on any atom is -0.364 e. The van der Waals surface area contributed by atoms with Crippen molar-refractivity contribution in [2.45, 2.75) is 160 Å². The summed E-state index contributed by atoms with van der Waals surface area (Å²) in [6.45, 7) is 38.3. The fourth-order valence-electron chi connectivity index (χ4n) is 6.40. The van der Waals surface area contributed by atoms with Crippen molar-refractivity contribution in [3.63, 3.8) is 0 Å². The molecule has 0 aliphatic rings. The second kappa shape index (κ2) is 11.5. The van der Waals surface area contributed by atoms with Crippen molar-refractivity contribution >= 4 is 17.3 Å². The number of carbonyl (C=O) groups is 3. The third kappa shape index (κ3) is 9.63. The van der Waals surface area contributed by atoms with E-state index in [1.54, 1.807) is 6.92 Å². The Hall–Kier alpha value is -1.33. The zero-order valence-corrected chi connectivity index (χ0v) is 28.8. The molecule has 0 heterocycles. The zero-order valence-electron chi connectivity index (χ0n) is 28.8. The van der Waals surface area contributed by atoms with Gasteiger partial charge in [-0.05, 0) is 66.7 Å². The summed E-state index contributed by atoms with van der Waals surface area (Å²) in [6, 6.07) is 0. The Morgan fingerprint density at radius 1 is 0.692 bits per heavy atom. The summed E-state index contributed by atoms with van der Waals surface area (Å²) in [7, 11) is 0. The molecule has 5 nitrogen and oxygen atoms in total. The minimum absolute atomic E-state index is 0.00100. The number of ketones is 3. The van der Waals surface area contributed by atoms with E-state index in [4.69, 9.17) is 9.47 Å². The summed E-state index contributed by atoms with van der Waals surface area (Å²) in [6.07, 6.45) is 2.31. The molecule has 1 unspecified atom stereocenters. The molecule has 1 atom stereocenters. The first kappa shape index (κ1) is 37.7. The highest BCUT2D eigenvalue weighted by Crippen LogP contribution is 2.46. The average molecular weight is 551 g/mol. The SMILES string of the molecule is C=CC(C)(C)CC(C)(C)C(=O)C(C)(C)OC(C)(C)CC(C)(C)C(=O)C(C)(C)C(C)(C)OC(C)C(=O)C(C)(C)C. The summed E-state index contributed by atoms with van der Waals surface area (Å²) in [4.78, 5) is 40.6. The molecule has 0 aromatic carbocycles. The van der Waals surface area contributed by atoms with Crippen molar-refractivity contribution in [2.75, 3.05) is 0 Å². The third-order valence-corrected chi connectivity index (χ3v) is 8.28. The smallest absolute Gasteiger partial charge is 0.169 e. The van der Waals surface area contributed by atoms with E-state index in [9.17, 15) is 14.4 Å². The topological polar surface area (TPSA) is 69.7 Å². The van der Waals surface area contributed by atoms with Crippen molar-refractivity contribution in [1.29, 1.82) is 0 Å². The standard InChI is InChI=1S/C34H62O5/c1-20-28(6,7)21-29(8,9)26(37)33(16,17)39-31(12,13)22-30(10,11)25(36)32(14,15)34(18,19)38-23(2)24(35)27(3,4)5/h20,23H,1,21-22H2,2-19H3. The lowest BCUT2D eigenvalue weighted by molar-refractivity contribution is -0.183. The quantitative estimate of drug-likeness (QED) is 0.191. The lowest BCUT2D eigenvalue weighted by Crippen LogP contribution is -2.55. The molecule has 39 heavy (non-hydrogen) atoms. The molecule has 0 rings (SSSR count). The molecule has 0 saturated heterocycles. The van der Waals surface area contributed by atoms with Crippen molar-refractivity contribution in [3.8, 4) is 0 Å². The Morgan fingerprint density at radius 3 is 1.49 bits per heavy atom. The van der Waals surface area contributed by atoms with E-state index in [0.717, 1.165) is 0 Å². The van der Waals surface area contributed by atoms with Gasteiger partial charge in [0.15, 0.2) is 11.6 Å². The number of rotatable bonds is 15. The molecule has 0 radical (unpaired) electrons. The van der Waals surface area contributed by atoms with Crippen LogP contribution in [0.15, 0.2) is 12.7 Å². The first-order valence-electron chi connectivity index (χ1n) is 14.4. The molecule has 0 bridgehead atoms. The van der Waals surface area contributed by atoms with Gasteiger partial charge in [0, 0.05) is 16.2 Å². The number of hydrogen-bond donors (Lipinski definition) is 0. The van der Waals surface area contributed by atoms with Gasteiger partial charge in [-0.25, -0.2) is 0 Å². The molecule has 0 N–H and O–H groups in total. The lowest BCUT2D eigenvalue weighted by atomic mass is 9.63. The van der Waals surface area contributed by atoms with Gasteiger partial charge in [0.25, 0.3) is 0 Å². The highest BCUT2D eigenvalue weighted by Gasteiger charge is 2.53. The van der Waals surface area contributed by atoms with Gasteiger partial charge in [0.1, 0.15) is 17.5 Å². The van der Waals surface area contributed by atoms with Crippen LogP contribution in [0.2, 0.25) is 0 Å². The second-order valence-electron chi connectivity index (χ2n) is 16.9. The van der Waals surface area contributed by atoms with E-state index in [1.165, 1.54) is 0 Å². The number of ether oxygens (including phenoxy) is 2. The fraction of sp³-hybridized carbons (Fsp3) is 0.853. The first-order valence-corrected chi connectivity index (χ1v) is 14.4. The minimum atomic E-state index is -1.05. The molecular formula is C34H62O5. The maximum Gasteiger partial charge on any atom is 0.169 e. The van der Waals surface area contributed by atoms with Crippen molar-refractivity contribution in [3.05, 3.63) is 12.7 Å². The van der Waals surface area contributed by atoms with Gasteiger partial charge in [-0.3, -0.25) is 14.4 Å². The van der Waals surface area contributed by atoms with Gasteiger partial charge in [-0.1, -0.05) is 82.2 Å². The molecule has 0 aliphatic carbocycles. The van der Waals surface area contributed by atoms with Crippen molar-refractivity contribution in [1.82, 2.24) is 0 Å². The molecule has 5 heteroatoms. The predicted octanol–water partition coefficient (Wildman–Crippen LogP) is 8.57. The van der Waals surface area contributed by atoms with Crippen LogP contribution < -0.4 is 0 Å². The third-order valence-electron chi connectivity index (χ3n) is 8.28. The number of allylic oxidation sites excluding steroid dienone is 1. The summed E-state index contributed by atoms with van der Waals surface area (Å²) >= 11 is 0. The van der Waals surface area contributed by atoms with Crippen LogP contribution in [0.5, 0.6) is 0 Å². The van der Waals surface area contributed by atoms with Gasteiger partial charge < -0.3 is 9.47 Å². The lowest BCUT2D eigenvalue weighted by Gasteiger charge is -2.47. The van der Waals surface area contributed by atoms with E-state index >= 15 is 0 Å². The van der Waals surface area contributed by atoms with E-state index in [1.807, 2.05) is 110 Å². The summed E-state index contributed by atoms with van der Waals surface area (Å²) in [5, 5.41) is 0. The van der Waals surface area contributed by atoms with Crippen LogP contribution in [-0.2, 0) is 23.9 Å². The van der Waals surface area contributed by atoms with Crippen LogP contribution in [0.3, 0.4) is 0 Å². The molecular weight excluding hydrogens is 488 g/mol. The van der Waals surface area contributed by atoms with Crippen LogP contribution in [0, 0.1) is 27.1 Å². The highest BCUT2D eigenvalue weighted by atomic mass is 16.5. The van der Waals surface area contributed by atoms with Gasteiger partial charge in [0.05, 0.1) is 16.6 Å². The Morgan fingerprint density at radius 2 is 1.10 bits per heavy atom. The van der Waals surface area contributed by atoms with Gasteiger partial charge in [0.2, 0.25) is 0 Å². The zero-order chi connectivity index (χ0) is 31.8. The van der Waals surface area contributed by atoms with E-state index < -0.39 is 44.6 Å². The molecule has 0 spiro atoms. The van der Waals surface area contributed by atoms with Gasteiger partial charge >= 0.3 is 0 Å². The predicted molar refractivity (Wildman–Crippen MR) is 163 cm³/mol. The fourth-order valence-corrected chi connectivity index (χ4v) is 6.40. The van der Waals surface area contributed by atoms with Gasteiger partial charge in [-0.15, -0.1) is 6.58 Å². The van der Waals surface area contributed by atoms with Gasteiger partial charge in [-0.2, -0.15) is 0 Å². The van der Waals surface area contributed by atoms with E-state index in [-0.39, 0.29) is 22.8 Å². The molecule has 0 amide bonds. The normalized spacial score (nSPS) is 15.6. The van der Waals surface area contributed by atoms with Crippen LogP contribution in [0.25, 0.3) is 0 Å². The largest absolute Gasteiger partial charge is 0.364 e. The van der Waals surface area contributed by atoms with Crippen LogP contribution in [-0.4, -0.2) is 40.3 Å². The van der Waals surface area contributed by atoms with Crippen molar-refractivity contribution in [2.24, 2.45) is 27.1 Å². The Bertz CT molecular complexity index is 920. The molecule has 0 aromatic heterocycles. The molecule has 0 saturated carbocycles. The number of hydrogen-bond acceptors (Lipinski definition) is 5. The summed E-state index contributed by atoms with van der Waals surface area (Å²) in [5.41, 5.74) is -5.74. The monoisotopic (exact) mass is 550 g/mol. The maximum atomic E-state index is 14.1. The molecule has 228 valence electrons. The highest BCUT2D eigenvalue weighted by molar-refractivity contribution is 5.92. The maximum absolute atomic E-state index is 14.1. The average Bonchev–Trinajstić information content (AvgIpc) is 2.68. The van der Waals surface area contributed by atoms with E-state index in [0.29, 0.717) is 12.8 Å². The van der Waals surface area contributed by atoms with Crippen LogP contribution in [0.4, 0.5) is 0 Å². The molecule has 0 fully saturated rings. The van der Waals surface area contributed by atoms with Crippen LogP contribution >= 0.6 is 0 Å². The molecule has 0 aliphatic heterocycles.